The number of benzene rings is 1. The van der Waals surface area contributed by atoms with Gasteiger partial charge < -0.3 is 9.80 Å². The SMILES string of the molecule is CCCCc1ccc(C(=O)N2CCCc3nc(N4CCN(C5CCC5)CC4)ncc3CC2)cc1. The van der Waals surface area contributed by atoms with Crippen LogP contribution < -0.4 is 4.90 Å². The molecule has 6 nitrogen and oxygen atoms in total. The van der Waals surface area contributed by atoms with Gasteiger partial charge >= 0.3 is 0 Å². The zero-order valence-corrected chi connectivity index (χ0v) is 20.7. The highest BCUT2D eigenvalue weighted by Crippen LogP contribution is 2.26. The number of unbranched alkanes of at least 4 members (excludes halogenated alkanes) is 1. The third kappa shape index (κ3) is 5.27. The second-order valence-electron chi connectivity index (χ2n) is 10.2. The number of nitrogens with zero attached hydrogens (tertiary/aromatic N) is 5. The van der Waals surface area contributed by atoms with E-state index in [1.807, 2.05) is 23.2 Å². The van der Waals surface area contributed by atoms with Crippen LogP contribution in [0, 0.1) is 0 Å². The number of aromatic nitrogens is 2. The molecular weight excluding hydrogens is 422 g/mol. The average molecular weight is 462 g/mol. The van der Waals surface area contributed by atoms with E-state index in [1.54, 1.807) is 0 Å². The Morgan fingerprint density at radius 3 is 2.47 bits per heavy atom. The molecule has 2 aliphatic heterocycles. The summed E-state index contributed by atoms with van der Waals surface area (Å²) in [5, 5.41) is 0. The lowest BCUT2D eigenvalue weighted by Gasteiger charge is -2.43. The molecule has 1 amide bonds. The third-order valence-electron chi connectivity index (χ3n) is 7.93. The molecular formula is C28H39N5O. The molecule has 182 valence electrons. The maximum absolute atomic E-state index is 13.1. The monoisotopic (exact) mass is 461 g/mol. The molecule has 5 rings (SSSR count). The number of hydrogen-bond acceptors (Lipinski definition) is 5. The van der Waals surface area contributed by atoms with Crippen molar-refractivity contribution in [2.45, 2.75) is 70.8 Å². The minimum atomic E-state index is 0.146. The Morgan fingerprint density at radius 2 is 1.76 bits per heavy atom. The van der Waals surface area contributed by atoms with Crippen LogP contribution in [0.5, 0.6) is 0 Å². The van der Waals surface area contributed by atoms with Gasteiger partial charge in [-0.2, -0.15) is 0 Å². The molecule has 0 bridgehead atoms. The van der Waals surface area contributed by atoms with E-state index in [4.69, 9.17) is 9.97 Å². The van der Waals surface area contributed by atoms with Crippen LogP contribution in [-0.2, 0) is 19.3 Å². The fourth-order valence-corrected chi connectivity index (χ4v) is 5.43. The molecule has 1 saturated carbocycles. The van der Waals surface area contributed by atoms with Crippen molar-refractivity contribution in [3.05, 3.63) is 52.8 Å². The van der Waals surface area contributed by atoms with Crippen molar-refractivity contribution in [2.75, 3.05) is 44.2 Å². The van der Waals surface area contributed by atoms with Crippen LogP contribution in [0.25, 0.3) is 0 Å². The molecule has 0 radical (unpaired) electrons. The topological polar surface area (TPSA) is 52.6 Å². The molecule has 6 heteroatoms. The molecule has 1 aromatic carbocycles. The Hall–Kier alpha value is -2.47. The van der Waals surface area contributed by atoms with Crippen molar-refractivity contribution in [3.63, 3.8) is 0 Å². The van der Waals surface area contributed by atoms with Gasteiger partial charge in [-0.1, -0.05) is 31.9 Å². The summed E-state index contributed by atoms with van der Waals surface area (Å²) in [4.78, 5) is 29.9. The fraction of sp³-hybridized carbons (Fsp3) is 0.607. The smallest absolute Gasteiger partial charge is 0.253 e. The number of carbonyl (C=O) groups excluding carboxylic acids is 1. The summed E-state index contributed by atoms with van der Waals surface area (Å²) in [6.07, 6.45) is 12.3. The quantitative estimate of drug-likeness (QED) is 0.648. The lowest BCUT2D eigenvalue weighted by molar-refractivity contribution is 0.0753. The predicted octanol–water partition coefficient (Wildman–Crippen LogP) is 4.12. The largest absolute Gasteiger partial charge is 0.338 e. The fourth-order valence-electron chi connectivity index (χ4n) is 5.43. The molecule has 1 aromatic heterocycles. The van der Waals surface area contributed by atoms with Crippen molar-refractivity contribution in [1.82, 2.24) is 19.8 Å². The van der Waals surface area contributed by atoms with Crippen LogP contribution in [0.1, 0.15) is 72.6 Å². The highest BCUT2D eigenvalue weighted by molar-refractivity contribution is 5.94. The number of rotatable bonds is 6. The van der Waals surface area contributed by atoms with Crippen LogP contribution >= 0.6 is 0 Å². The summed E-state index contributed by atoms with van der Waals surface area (Å²) in [6, 6.07) is 9.05. The van der Waals surface area contributed by atoms with Crippen molar-refractivity contribution in [3.8, 4) is 0 Å². The highest BCUT2D eigenvalue weighted by atomic mass is 16.2. The van der Waals surface area contributed by atoms with Gasteiger partial charge in [0.25, 0.3) is 5.91 Å². The molecule has 0 unspecified atom stereocenters. The van der Waals surface area contributed by atoms with E-state index >= 15 is 0 Å². The molecule has 0 atom stereocenters. The summed E-state index contributed by atoms with van der Waals surface area (Å²) >= 11 is 0. The Bertz CT molecular complexity index is 963. The first-order valence-electron chi connectivity index (χ1n) is 13.4. The van der Waals surface area contributed by atoms with E-state index in [9.17, 15) is 4.79 Å². The van der Waals surface area contributed by atoms with Gasteiger partial charge in [0.15, 0.2) is 0 Å². The zero-order valence-electron chi connectivity index (χ0n) is 20.7. The number of amides is 1. The molecule has 1 aliphatic carbocycles. The normalized spacial score (nSPS) is 19.8. The number of aryl methyl sites for hydroxylation is 2. The van der Waals surface area contributed by atoms with Crippen LogP contribution in [0.15, 0.2) is 30.5 Å². The second kappa shape index (κ2) is 10.9. The lowest BCUT2D eigenvalue weighted by atomic mass is 9.91. The average Bonchev–Trinajstić information content (AvgIpc) is 2.82. The van der Waals surface area contributed by atoms with Crippen LogP contribution in [-0.4, -0.2) is 71.0 Å². The minimum Gasteiger partial charge on any atom is -0.338 e. The number of hydrogen-bond donors (Lipinski definition) is 0. The molecule has 2 fully saturated rings. The third-order valence-corrected chi connectivity index (χ3v) is 7.93. The van der Waals surface area contributed by atoms with E-state index < -0.39 is 0 Å². The first-order valence-corrected chi connectivity index (χ1v) is 13.4. The number of fused-ring (bicyclic) bond motifs is 1. The standard InChI is InChI=1S/C28H39N5O/c1-2-3-6-22-10-12-23(13-11-22)27(34)32-15-5-9-26-24(14-16-32)21-29-28(30-26)33-19-17-31(18-20-33)25-7-4-8-25/h10-13,21,25H,2-9,14-20H2,1H3. The summed E-state index contributed by atoms with van der Waals surface area (Å²) in [6.45, 7) is 8.02. The van der Waals surface area contributed by atoms with E-state index in [0.29, 0.717) is 0 Å². The van der Waals surface area contributed by atoms with E-state index in [-0.39, 0.29) is 5.91 Å². The maximum Gasteiger partial charge on any atom is 0.253 e. The summed E-state index contributed by atoms with van der Waals surface area (Å²) in [7, 11) is 0. The Kier molecular flexibility index (Phi) is 7.43. The van der Waals surface area contributed by atoms with Gasteiger partial charge in [-0.05, 0) is 68.2 Å². The minimum absolute atomic E-state index is 0.146. The maximum atomic E-state index is 13.1. The molecule has 3 aliphatic rings. The first kappa shape index (κ1) is 23.3. The zero-order chi connectivity index (χ0) is 23.3. The number of carbonyl (C=O) groups is 1. The Balaban J connectivity index is 1.18. The summed E-state index contributed by atoms with van der Waals surface area (Å²) in [5.41, 5.74) is 4.49. The molecule has 3 heterocycles. The lowest BCUT2D eigenvalue weighted by Crippen LogP contribution is -2.52. The molecule has 0 N–H and O–H groups in total. The van der Waals surface area contributed by atoms with E-state index in [1.165, 1.54) is 48.9 Å². The van der Waals surface area contributed by atoms with Gasteiger partial charge in [-0.3, -0.25) is 9.69 Å². The van der Waals surface area contributed by atoms with Crippen LogP contribution in [0.2, 0.25) is 0 Å². The number of anilines is 1. The molecule has 2 aromatic rings. The Labute approximate surface area is 204 Å². The first-order chi connectivity index (χ1) is 16.7. The van der Waals surface area contributed by atoms with Gasteiger partial charge in [0.1, 0.15) is 0 Å². The Morgan fingerprint density at radius 1 is 0.971 bits per heavy atom. The predicted molar refractivity (Wildman–Crippen MR) is 136 cm³/mol. The van der Waals surface area contributed by atoms with Gasteiger partial charge in [-0.25, -0.2) is 9.97 Å². The van der Waals surface area contributed by atoms with Gasteiger partial charge in [0, 0.05) is 62.8 Å². The number of piperazine rings is 1. The van der Waals surface area contributed by atoms with Crippen molar-refractivity contribution < 1.29 is 4.79 Å². The van der Waals surface area contributed by atoms with Crippen molar-refractivity contribution >= 4 is 11.9 Å². The van der Waals surface area contributed by atoms with Gasteiger partial charge in [0.05, 0.1) is 0 Å². The van der Waals surface area contributed by atoms with E-state index in [0.717, 1.165) is 82.5 Å². The van der Waals surface area contributed by atoms with Crippen molar-refractivity contribution in [2.24, 2.45) is 0 Å². The molecule has 1 saturated heterocycles. The van der Waals surface area contributed by atoms with Crippen molar-refractivity contribution in [1.29, 1.82) is 0 Å². The molecule has 0 spiro atoms. The highest BCUT2D eigenvalue weighted by Gasteiger charge is 2.29. The van der Waals surface area contributed by atoms with Gasteiger partial charge in [-0.15, -0.1) is 0 Å². The second-order valence-corrected chi connectivity index (χ2v) is 10.2. The summed E-state index contributed by atoms with van der Waals surface area (Å²) in [5.74, 6) is 1.04. The van der Waals surface area contributed by atoms with E-state index in [2.05, 4.69) is 28.9 Å². The molecule has 34 heavy (non-hydrogen) atoms. The van der Waals surface area contributed by atoms with Crippen LogP contribution in [0.4, 0.5) is 5.95 Å². The summed E-state index contributed by atoms with van der Waals surface area (Å²) < 4.78 is 0. The van der Waals surface area contributed by atoms with Crippen LogP contribution in [0.3, 0.4) is 0 Å². The van der Waals surface area contributed by atoms with Gasteiger partial charge in [0.2, 0.25) is 5.95 Å².